The van der Waals surface area contributed by atoms with E-state index in [0.29, 0.717) is 47.8 Å². The van der Waals surface area contributed by atoms with Crippen LogP contribution in [-0.4, -0.2) is 54.0 Å². The van der Waals surface area contributed by atoms with E-state index in [1.54, 1.807) is 45.6 Å². The number of aryl methyl sites for hydroxylation is 2. The van der Waals surface area contributed by atoms with Gasteiger partial charge in [-0.25, -0.2) is 9.97 Å². The van der Waals surface area contributed by atoms with E-state index in [1.165, 1.54) is 0 Å². The maximum absolute atomic E-state index is 9.49. The van der Waals surface area contributed by atoms with Gasteiger partial charge in [-0.3, -0.25) is 10.3 Å². The maximum atomic E-state index is 9.49. The van der Waals surface area contributed by atoms with Gasteiger partial charge in [0.1, 0.15) is 5.75 Å². The van der Waals surface area contributed by atoms with Crippen LogP contribution in [0.4, 0.5) is 11.6 Å². The highest BCUT2D eigenvalue weighted by atomic mass is 32.1. The molecule has 0 atom stereocenters. The monoisotopic (exact) mass is 510 g/mol. The fraction of sp³-hybridized carbons (Fsp3) is 0.280. The Balaban J connectivity index is 1.78. The molecule has 0 spiro atoms. The highest BCUT2D eigenvalue weighted by molar-refractivity contribution is 7.80. The first kappa shape index (κ1) is 26.5. The number of thiocarbonyl (C=S) groups is 1. The summed E-state index contributed by atoms with van der Waals surface area (Å²) in [7, 11) is 4.63. The number of anilines is 2. The van der Waals surface area contributed by atoms with Gasteiger partial charge >= 0.3 is 0 Å². The number of benzene rings is 2. The number of hydrogen-bond donors (Lipinski definition) is 4. The van der Waals surface area contributed by atoms with Gasteiger partial charge in [-0.05, 0) is 56.2 Å². The minimum Gasteiger partial charge on any atom is -0.508 e. The van der Waals surface area contributed by atoms with Crippen LogP contribution in [0.15, 0.2) is 47.5 Å². The van der Waals surface area contributed by atoms with E-state index in [-0.39, 0.29) is 10.9 Å². The summed E-state index contributed by atoms with van der Waals surface area (Å²) in [5, 5.41) is 19.1. The summed E-state index contributed by atoms with van der Waals surface area (Å²) >= 11 is 5.53. The van der Waals surface area contributed by atoms with Gasteiger partial charge in [-0.15, -0.1) is 0 Å². The first-order valence-electron chi connectivity index (χ1n) is 11.1. The summed E-state index contributed by atoms with van der Waals surface area (Å²) in [5.41, 5.74) is 3.32. The molecule has 1 heterocycles. The Morgan fingerprint density at radius 3 is 2.08 bits per heavy atom. The van der Waals surface area contributed by atoms with Gasteiger partial charge in [0.05, 0.1) is 21.3 Å². The Labute approximate surface area is 215 Å². The van der Waals surface area contributed by atoms with Crippen LogP contribution in [0.25, 0.3) is 0 Å². The van der Waals surface area contributed by atoms with Crippen LogP contribution >= 0.6 is 12.2 Å². The number of aromatic hydroxyl groups is 1. The highest BCUT2D eigenvalue weighted by Gasteiger charge is 2.14. The molecule has 0 saturated heterocycles. The van der Waals surface area contributed by atoms with Crippen molar-refractivity contribution in [1.82, 2.24) is 15.3 Å². The van der Waals surface area contributed by atoms with E-state index in [9.17, 15) is 5.11 Å². The van der Waals surface area contributed by atoms with Gasteiger partial charge < -0.3 is 30.0 Å². The molecule has 11 heteroatoms. The molecule has 0 radical (unpaired) electrons. The SMILES string of the molecule is COc1cc(NC(=S)NC(=NCCc2ccc(O)cc2)Nc2nc(C)cc(C)n2)cc(OC)c1OC. The van der Waals surface area contributed by atoms with Crippen LogP contribution in [0.3, 0.4) is 0 Å². The number of nitrogens with one attached hydrogen (secondary N) is 3. The van der Waals surface area contributed by atoms with Crippen LogP contribution in [0.1, 0.15) is 17.0 Å². The molecule has 0 unspecified atom stereocenters. The molecular formula is C25H30N6O4S. The molecule has 1 aromatic heterocycles. The lowest BCUT2D eigenvalue weighted by Crippen LogP contribution is -2.39. The molecule has 0 bridgehead atoms. The Morgan fingerprint density at radius 1 is 0.917 bits per heavy atom. The van der Waals surface area contributed by atoms with E-state index in [0.717, 1.165) is 17.0 Å². The fourth-order valence-corrected chi connectivity index (χ4v) is 3.60. The third-order valence-corrected chi connectivity index (χ3v) is 5.18. The summed E-state index contributed by atoms with van der Waals surface area (Å²) in [6, 6.07) is 12.4. The molecule has 0 aliphatic carbocycles. The average Bonchev–Trinajstić information content (AvgIpc) is 2.83. The normalized spacial score (nSPS) is 11.0. The molecule has 36 heavy (non-hydrogen) atoms. The van der Waals surface area contributed by atoms with Crippen molar-refractivity contribution in [3.8, 4) is 23.0 Å². The Hall–Kier alpha value is -4.12. The number of aliphatic imine (C=N–C) groups is 1. The van der Waals surface area contributed by atoms with Crippen molar-refractivity contribution < 1.29 is 19.3 Å². The Bertz CT molecular complexity index is 1190. The molecule has 190 valence electrons. The van der Waals surface area contributed by atoms with Crippen molar-refractivity contribution in [2.75, 3.05) is 38.5 Å². The molecule has 0 fully saturated rings. The van der Waals surface area contributed by atoms with Crippen LogP contribution in [0.5, 0.6) is 23.0 Å². The zero-order valence-electron chi connectivity index (χ0n) is 20.9. The largest absolute Gasteiger partial charge is 0.508 e. The van der Waals surface area contributed by atoms with Crippen LogP contribution in [0, 0.1) is 13.8 Å². The minimum atomic E-state index is 0.224. The molecule has 0 aliphatic rings. The second-order valence-electron chi connectivity index (χ2n) is 7.74. The maximum Gasteiger partial charge on any atom is 0.229 e. The quantitative estimate of drug-likeness (QED) is 0.202. The number of nitrogens with zero attached hydrogens (tertiary/aromatic N) is 3. The lowest BCUT2D eigenvalue weighted by Gasteiger charge is -2.17. The van der Waals surface area contributed by atoms with Gasteiger partial charge in [0, 0.05) is 35.8 Å². The fourth-order valence-electron chi connectivity index (χ4n) is 3.38. The number of ether oxygens (including phenoxy) is 3. The van der Waals surface area contributed by atoms with E-state index in [2.05, 4.69) is 30.9 Å². The summed E-state index contributed by atoms with van der Waals surface area (Å²) < 4.78 is 16.2. The van der Waals surface area contributed by atoms with Gasteiger partial charge in [-0.2, -0.15) is 0 Å². The summed E-state index contributed by atoms with van der Waals surface area (Å²) in [6.45, 7) is 4.24. The molecule has 3 aromatic rings. The summed E-state index contributed by atoms with van der Waals surface area (Å²) in [5.74, 6) is 2.47. The third-order valence-electron chi connectivity index (χ3n) is 4.97. The van der Waals surface area contributed by atoms with E-state index in [4.69, 9.17) is 26.4 Å². The van der Waals surface area contributed by atoms with Crippen LogP contribution < -0.4 is 30.2 Å². The van der Waals surface area contributed by atoms with E-state index in [1.807, 2.05) is 32.0 Å². The lowest BCUT2D eigenvalue weighted by molar-refractivity contribution is 0.324. The summed E-state index contributed by atoms with van der Waals surface area (Å²) in [4.78, 5) is 13.5. The van der Waals surface area contributed by atoms with E-state index < -0.39 is 0 Å². The van der Waals surface area contributed by atoms with Crippen molar-refractivity contribution in [3.05, 3.63) is 59.4 Å². The topological polar surface area (TPSA) is 122 Å². The van der Waals surface area contributed by atoms with E-state index >= 15 is 0 Å². The second-order valence-corrected chi connectivity index (χ2v) is 8.15. The molecule has 3 rings (SSSR count). The van der Waals surface area contributed by atoms with Gasteiger partial charge in [0.25, 0.3) is 0 Å². The number of aromatic nitrogens is 2. The van der Waals surface area contributed by atoms with Gasteiger partial charge in [0.2, 0.25) is 17.7 Å². The number of phenolic OH excluding ortho intramolecular Hbond substituents is 1. The predicted octanol–water partition coefficient (Wildman–Crippen LogP) is 3.82. The molecule has 2 aromatic carbocycles. The van der Waals surface area contributed by atoms with Gasteiger partial charge in [-0.1, -0.05) is 12.1 Å². The first-order valence-corrected chi connectivity index (χ1v) is 11.5. The Kier molecular flexibility index (Phi) is 9.23. The number of hydrogen-bond acceptors (Lipinski definition) is 8. The zero-order valence-corrected chi connectivity index (χ0v) is 21.7. The van der Waals surface area contributed by atoms with Crippen molar-refractivity contribution in [2.45, 2.75) is 20.3 Å². The van der Waals surface area contributed by atoms with Crippen molar-refractivity contribution >= 4 is 34.9 Å². The number of guanidine groups is 1. The number of rotatable bonds is 8. The molecular weight excluding hydrogens is 480 g/mol. The van der Waals surface area contributed by atoms with Crippen molar-refractivity contribution in [3.63, 3.8) is 0 Å². The molecule has 10 nitrogen and oxygen atoms in total. The highest BCUT2D eigenvalue weighted by Crippen LogP contribution is 2.39. The van der Waals surface area contributed by atoms with Crippen molar-refractivity contribution in [1.29, 1.82) is 0 Å². The first-order chi connectivity index (χ1) is 17.3. The van der Waals surface area contributed by atoms with Crippen LogP contribution in [-0.2, 0) is 6.42 Å². The number of methoxy groups -OCH3 is 3. The van der Waals surface area contributed by atoms with Gasteiger partial charge in [0.15, 0.2) is 16.6 Å². The zero-order chi connectivity index (χ0) is 26.1. The molecule has 0 amide bonds. The Morgan fingerprint density at radius 2 is 1.53 bits per heavy atom. The second kappa shape index (κ2) is 12.5. The minimum absolute atomic E-state index is 0.224. The molecule has 4 N–H and O–H groups in total. The predicted molar refractivity (Wildman–Crippen MR) is 145 cm³/mol. The van der Waals surface area contributed by atoms with Crippen molar-refractivity contribution in [2.24, 2.45) is 4.99 Å². The van der Waals surface area contributed by atoms with Crippen LogP contribution in [0.2, 0.25) is 0 Å². The molecule has 0 saturated carbocycles. The standard InChI is InChI=1S/C25H30N6O4S/c1-15-12-16(2)28-24(27-15)30-23(26-11-10-17-6-8-19(32)9-7-17)31-25(36)29-18-13-20(33-3)22(35-5)21(14-18)34-4/h6-9,12-14,32H,10-11H2,1-5H3,(H3,26,27,28,29,30,31,36). The number of phenols is 1. The third kappa shape index (κ3) is 7.44. The average molecular weight is 511 g/mol. The summed E-state index contributed by atoms with van der Waals surface area (Å²) in [6.07, 6.45) is 0.661. The lowest BCUT2D eigenvalue weighted by atomic mass is 10.1. The molecule has 0 aliphatic heterocycles. The smallest absolute Gasteiger partial charge is 0.229 e.